The lowest BCUT2D eigenvalue weighted by molar-refractivity contribution is 0.0697. The summed E-state index contributed by atoms with van der Waals surface area (Å²) in [5, 5.41) is 9.09. The summed E-state index contributed by atoms with van der Waals surface area (Å²) in [4.78, 5) is 15.7. The van der Waals surface area contributed by atoms with Gasteiger partial charge in [0.25, 0.3) is 0 Å². The van der Waals surface area contributed by atoms with Gasteiger partial charge in [-0.25, -0.2) is 4.79 Å². The molecule has 0 aliphatic rings. The Bertz CT molecular complexity index is 1030. The molecule has 4 heteroatoms. The zero-order chi connectivity index (χ0) is 19.6. The van der Waals surface area contributed by atoms with Crippen LogP contribution in [0.4, 0.5) is 5.69 Å². The van der Waals surface area contributed by atoms with Crippen molar-refractivity contribution in [2.75, 3.05) is 0 Å². The third-order valence-electron chi connectivity index (χ3n) is 4.87. The first-order chi connectivity index (χ1) is 12.9. The first kappa shape index (κ1) is 18.6. The lowest BCUT2D eigenvalue weighted by Gasteiger charge is -2.13. The molecule has 1 N–H and O–H groups in total. The van der Waals surface area contributed by atoms with E-state index in [0.717, 1.165) is 34.6 Å². The molecule has 4 nitrogen and oxygen atoms in total. The standard InChI is InChI=1S/C23H24N2O2/c1-5-18-8-6-7-9-22(18)25-16(3)13-20(17(25)4)14-24-21-11-10-19(23(26)27)12-15(21)2/h6-14H,5H2,1-4H3,(H,26,27). The Morgan fingerprint density at radius 1 is 1.11 bits per heavy atom. The van der Waals surface area contributed by atoms with Crippen molar-refractivity contribution < 1.29 is 9.90 Å². The maximum absolute atomic E-state index is 11.1. The van der Waals surface area contributed by atoms with Crippen LogP contribution in [0, 0.1) is 20.8 Å². The molecule has 0 saturated heterocycles. The van der Waals surface area contributed by atoms with E-state index in [-0.39, 0.29) is 5.56 Å². The summed E-state index contributed by atoms with van der Waals surface area (Å²) < 4.78 is 2.26. The first-order valence-electron chi connectivity index (χ1n) is 9.07. The number of carboxylic acids is 1. The molecule has 0 atom stereocenters. The molecule has 0 aliphatic carbocycles. The van der Waals surface area contributed by atoms with Gasteiger partial charge in [-0.3, -0.25) is 4.99 Å². The molecule has 138 valence electrons. The fraction of sp³-hybridized carbons (Fsp3) is 0.217. The minimum atomic E-state index is -0.924. The lowest BCUT2D eigenvalue weighted by atomic mass is 10.1. The molecule has 3 rings (SSSR count). The minimum Gasteiger partial charge on any atom is -0.478 e. The molecule has 0 bridgehead atoms. The fourth-order valence-corrected chi connectivity index (χ4v) is 3.39. The van der Waals surface area contributed by atoms with Crippen molar-refractivity contribution in [2.24, 2.45) is 4.99 Å². The summed E-state index contributed by atoms with van der Waals surface area (Å²) in [6, 6.07) is 15.6. The van der Waals surface area contributed by atoms with E-state index in [9.17, 15) is 4.79 Å². The van der Waals surface area contributed by atoms with E-state index in [1.54, 1.807) is 18.2 Å². The maximum Gasteiger partial charge on any atom is 0.335 e. The van der Waals surface area contributed by atoms with Gasteiger partial charge in [0.15, 0.2) is 0 Å². The predicted octanol–water partition coefficient (Wildman–Crippen LogP) is 5.41. The number of carboxylic acid groups (broad SMARTS) is 1. The second kappa shape index (κ2) is 7.62. The molecule has 1 heterocycles. The average Bonchev–Trinajstić information content (AvgIpc) is 2.93. The SMILES string of the molecule is CCc1ccccc1-n1c(C)cc(C=Nc2ccc(C(=O)O)cc2C)c1C. The highest BCUT2D eigenvalue weighted by Crippen LogP contribution is 2.24. The third kappa shape index (κ3) is 3.70. The largest absolute Gasteiger partial charge is 0.478 e. The van der Waals surface area contributed by atoms with E-state index >= 15 is 0 Å². The van der Waals surface area contributed by atoms with Crippen molar-refractivity contribution in [3.8, 4) is 5.69 Å². The van der Waals surface area contributed by atoms with Gasteiger partial charge in [0.2, 0.25) is 0 Å². The number of para-hydroxylation sites is 1. The highest BCUT2D eigenvalue weighted by Gasteiger charge is 2.12. The predicted molar refractivity (Wildman–Crippen MR) is 110 cm³/mol. The summed E-state index contributed by atoms with van der Waals surface area (Å²) in [5.74, 6) is -0.924. The van der Waals surface area contributed by atoms with E-state index < -0.39 is 5.97 Å². The van der Waals surface area contributed by atoms with E-state index in [1.165, 1.54) is 11.3 Å². The van der Waals surface area contributed by atoms with Crippen molar-refractivity contribution in [3.05, 3.63) is 82.2 Å². The Hall–Kier alpha value is -3.14. The van der Waals surface area contributed by atoms with Crippen LogP contribution in [0.3, 0.4) is 0 Å². The molecule has 0 radical (unpaired) electrons. The molecule has 0 fully saturated rings. The van der Waals surface area contributed by atoms with Gasteiger partial charge < -0.3 is 9.67 Å². The van der Waals surface area contributed by atoms with Gasteiger partial charge in [0, 0.05) is 28.9 Å². The number of aryl methyl sites for hydroxylation is 3. The van der Waals surface area contributed by atoms with Gasteiger partial charge in [0.1, 0.15) is 0 Å². The van der Waals surface area contributed by atoms with E-state index in [0.29, 0.717) is 0 Å². The molecular weight excluding hydrogens is 336 g/mol. The number of nitrogens with zero attached hydrogens (tertiary/aromatic N) is 2. The van der Waals surface area contributed by atoms with Crippen molar-refractivity contribution in [1.29, 1.82) is 0 Å². The smallest absolute Gasteiger partial charge is 0.335 e. The number of aliphatic imine (C=N–C) groups is 1. The van der Waals surface area contributed by atoms with Gasteiger partial charge >= 0.3 is 5.97 Å². The van der Waals surface area contributed by atoms with Crippen molar-refractivity contribution in [2.45, 2.75) is 34.1 Å². The molecule has 0 spiro atoms. The number of benzene rings is 2. The van der Waals surface area contributed by atoms with E-state index in [2.05, 4.69) is 60.7 Å². The van der Waals surface area contributed by atoms with Crippen molar-refractivity contribution in [3.63, 3.8) is 0 Å². The molecule has 0 aliphatic heterocycles. The van der Waals surface area contributed by atoms with Crippen LogP contribution < -0.4 is 0 Å². The van der Waals surface area contributed by atoms with Gasteiger partial charge in [-0.2, -0.15) is 0 Å². The van der Waals surface area contributed by atoms with Crippen molar-refractivity contribution in [1.82, 2.24) is 4.57 Å². The quantitative estimate of drug-likeness (QED) is 0.618. The van der Waals surface area contributed by atoms with Crippen LogP contribution in [-0.2, 0) is 6.42 Å². The summed E-state index contributed by atoms with van der Waals surface area (Å²) in [5.41, 5.74) is 7.76. The fourth-order valence-electron chi connectivity index (χ4n) is 3.39. The number of hydrogen-bond donors (Lipinski definition) is 1. The van der Waals surface area contributed by atoms with E-state index in [4.69, 9.17) is 5.11 Å². The number of aromatic nitrogens is 1. The highest BCUT2D eigenvalue weighted by molar-refractivity contribution is 5.89. The number of carbonyl (C=O) groups is 1. The number of aromatic carboxylic acids is 1. The monoisotopic (exact) mass is 360 g/mol. The zero-order valence-electron chi connectivity index (χ0n) is 16.2. The van der Waals surface area contributed by atoms with Gasteiger partial charge in [-0.05, 0) is 68.7 Å². The van der Waals surface area contributed by atoms with Crippen molar-refractivity contribution >= 4 is 17.9 Å². The Kier molecular flexibility index (Phi) is 5.26. The lowest BCUT2D eigenvalue weighted by Crippen LogP contribution is -2.03. The Morgan fingerprint density at radius 2 is 1.85 bits per heavy atom. The van der Waals surface area contributed by atoms with Crippen LogP contribution in [0.1, 0.15) is 45.4 Å². The zero-order valence-corrected chi connectivity index (χ0v) is 16.2. The normalized spacial score (nSPS) is 11.3. The third-order valence-corrected chi connectivity index (χ3v) is 4.87. The Balaban J connectivity index is 1.98. The van der Waals surface area contributed by atoms with Gasteiger partial charge in [-0.15, -0.1) is 0 Å². The molecule has 27 heavy (non-hydrogen) atoms. The second-order valence-electron chi connectivity index (χ2n) is 6.71. The van der Waals surface area contributed by atoms with E-state index in [1.807, 2.05) is 13.1 Å². The van der Waals surface area contributed by atoms with Crippen LogP contribution in [-0.4, -0.2) is 21.9 Å². The average molecular weight is 360 g/mol. The van der Waals surface area contributed by atoms with Crippen LogP contribution in [0.25, 0.3) is 5.69 Å². The molecule has 0 unspecified atom stereocenters. The minimum absolute atomic E-state index is 0.279. The van der Waals surface area contributed by atoms with Crippen LogP contribution >= 0.6 is 0 Å². The molecule has 1 aromatic heterocycles. The summed E-state index contributed by atoms with van der Waals surface area (Å²) in [6.07, 6.45) is 2.84. The van der Waals surface area contributed by atoms with Gasteiger partial charge in [-0.1, -0.05) is 25.1 Å². The molecule has 2 aromatic carbocycles. The van der Waals surface area contributed by atoms with Crippen LogP contribution in [0.2, 0.25) is 0 Å². The van der Waals surface area contributed by atoms with Crippen LogP contribution in [0.5, 0.6) is 0 Å². The number of rotatable bonds is 5. The molecule has 0 saturated carbocycles. The molecule has 3 aromatic rings. The van der Waals surface area contributed by atoms with Gasteiger partial charge in [0.05, 0.1) is 11.3 Å². The molecular formula is C23H24N2O2. The summed E-state index contributed by atoms with van der Waals surface area (Å²) >= 11 is 0. The maximum atomic E-state index is 11.1. The molecule has 0 amide bonds. The highest BCUT2D eigenvalue weighted by atomic mass is 16.4. The second-order valence-corrected chi connectivity index (χ2v) is 6.71. The summed E-state index contributed by atoms with van der Waals surface area (Å²) in [6.45, 7) is 8.24. The first-order valence-corrected chi connectivity index (χ1v) is 9.07. The topological polar surface area (TPSA) is 54.6 Å². The number of hydrogen-bond acceptors (Lipinski definition) is 2. The van der Waals surface area contributed by atoms with Crippen LogP contribution in [0.15, 0.2) is 53.5 Å². The Morgan fingerprint density at radius 3 is 2.52 bits per heavy atom. The Labute approximate surface area is 159 Å². The summed E-state index contributed by atoms with van der Waals surface area (Å²) in [7, 11) is 0.